The molecule has 0 radical (unpaired) electrons. The van der Waals surface area contributed by atoms with Crippen LogP contribution in [0.4, 0.5) is 5.69 Å². The second-order valence-electron chi connectivity index (χ2n) is 7.06. The van der Waals surface area contributed by atoms with Crippen molar-refractivity contribution in [2.45, 2.75) is 19.3 Å². The van der Waals surface area contributed by atoms with Gasteiger partial charge >= 0.3 is 0 Å². The first-order chi connectivity index (χ1) is 13.6. The van der Waals surface area contributed by atoms with Crippen LogP contribution in [0.3, 0.4) is 0 Å². The van der Waals surface area contributed by atoms with E-state index in [0.29, 0.717) is 45.0 Å². The molecule has 3 rings (SSSR count). The van der Waals surface area contributed by atoms with Crippen molar-refractivity contribution in [2.75, 3.05) is 38.8 Å². The highest BCUT2D eigenvalue weighted by molar-refractivity contribution is 5.95. The second-order valence-corrected chi connectivity index (χ2v) is 7.06. The lowest BCUT2D eigenvalue weighted by Crippen LogP contribution is -2.46. The summed E-state index contributed by atoms with van der Waals surface area (Å²) in [5, 5.41) is 2.98. The summed E-state index contributed by atoms with van der Waals surface area (Å²) < 4.78 is 16.3. The standard InChI is InChI=1S/C22H28N2O4/c1-26-13-10-17-2-6-19(7-3-17)28-20-8-4-18(5-9-20)24-21(25)22(16-23)11-14-27-15-12-22/h2-9H,10-16,23H2,1H3,(H,24,25). The molecule has 1 fully saturated rings. The molecule has 2 aromatic rings. The first-order valence-corrected chi connectivity index (χ1v) is 9.60. The fraction of sp³-hybridized carbons (Fsp3) is 0.409. The molecule has 2 aromatic carbocycles. The minimum Gasteiger partial charge on any atom is -0.457 e. The molecule has 0 atom stereocenters. The monoisotopic (exact) mass is 384 g/mol. The molecule has 1 heterocycles. The van der Waals surface area contributed by atoms with E-state index in [2.05, 4.69) is 5.32 Å². The molecule has 3 N–H and O–H groups in total. The number of rotatable bonds is 8. The van der Waals surface area contributed by atoms with Crippen LogP contribution in [0.15, 0.2) is 48.5 Å². The summed E-state index contributed by atoms with van der Waals surface area (Å²) in [5.74, 6) is 1.43. The van der Waals surface area contributed by atoms with Gasteiger partial charge in [0.2, 0.25) is 5.91 Å². The van der Waals surface area contributed by atoms with E-state index in [4.69, 9.17) is 19.9 Å². The van der Waals surface area contributed by atoms with E-state index in [1.54, 1.807) is 7.11 Å². The Morgan fingerprint density at radius 2 is 1.68 bits per heavy atom. The molecular weight excluding hydrogens is 356 g/mol. The normalized spacial score (nSPS) is 15.8. The molecule has 1 aliphatic rings. The average molecular weight is 384 g/mol. The van der Waals surface area contributed by atoms with Crippen LogP contribution < -0.4 is 15.8 Å². The minimum atomic E-state index is -0.544. The number of nitrogens with two attached hydrogens (primary N) is 1. The van der Waals surface area contributed by atoms with Crippen molar-refractivity contribution in [3.05, 3.63) is 54.1 Å². The van der Waals surface area contributed by atoms with Gasteiger partial charge in [0, 0.05) is 32.6 Å². The number of hydrogen-bond acceptors (Lipinski definition) is 5. The van der Waals surface area contributed by atoms with Crippen molar-refractivity contribution in [1.82, 2.24) is 0 Å². The Labute approximate surface area is 166 Å². The largest absolute Gasteiger partial charge is 0.457 e. The zero-order chi connectivity index (χ0) is 19.8. The highest BCUT2D eigenvalue weighted by atomic mass is 16.5. The number of carbonyl (C=O) groups excluding carboxylic acids is 1. The summed E-state index contributed by atoms with van der Waals surface area (Å²) in [5.41, 5.74) is 7.28. The highest BCUT2D eigenvalue weighted by Crippen LogP contribution is 2.31. The first-order valence-electron chi connectivity index (χ1n) is 9.60. The molecule has 1 amide bonds. The molecule has 150 valence electrons. The predicted octanol–water partition coefficient (Wildman–Crippen LogP) is 3.36. The third-order valence-corrected chi connectivity index (χ3v) is 5.19. The van der Waals surface area contributed by atoms with E-state index in [1.807, 2.05) is 48.5 Å². The number of benzene rings is 2. The molecule has 0 aromatic heterocycles. The smallest absolute Gasteiger partial charge is 0.232 e. The number of carbonyl (C=O) groups is 1. The molecule has 6 heteroatoms. The van der Waals surface area contributed by atoms with Crippen molar-refractivity contribution in [3.63, 3.8) is 0 Å². The summed E-state index contributed by atoms with van der Waals surface area (Å²) in [6.45, 7) is 2.17. The van der Waals surface area contributed by atoms with Gasteiger partial charge in [-0.3, -0.25) is 4.79 Å². The van der Waals surface area contributed by atoms with Gasteiger partial charge in [0.05, 0.1) is 12.0 Å². The van der Waals surface area contributed by atoms with Gasteiger partial charge in [0.25, 0.3) is 0 Å². The van der Waals surface area contributed by atoms with Gasteiger partial charge in [-0.2, -0.15) is 0 Å². The molecule has 1 saturated heterocycles. The zero-order valence-corrected chi connectivity index (χ0v) is 16.3. The van der Waals surface area contributed by atoms with Crippen LogP contribution in [0.2, 0.25) is 0 Å². The molecule has 0 bridgehead atoms. The quantitative estimate of drug-likeness (QED) is 0.729. The molecule has 0 saturated carbocycles. The van der Waals surface area contributed by atoms with Crippen molar-refractivity contribution in [3.8, 4) is 11.5 Å². The molecule has 1 aliphatic heterocycles. The van der Waals surface area contributed by atoms with Crippen LogP contribution in [-0.2, 0) is 20.7 Å². The Hall–Kier alpha value is -2.41. The Morgan fingerprint density at radius 1 is 1.07 bits per heavy atom. The van der Waals surface area contributed by atoms with Gasteiger partial charge in [0.1, 0.15) is 11.5 Å². The molecular formula is C22H28N2O4. The van der Waals surface area contributed by atoms with E-state index in [-0.39, 0.29) is 5.91 Å². The lowest BCUT2D eigenvalue weighted by Gasteiger charge is -2.34. The Balaban J connectivity index is 1.58. The van der Waals surface area contributed by atoms with Crippen LogP contribution in [0.1, 0.15) is 18.4 Å². The van der Waals surface area contributed by atoms with Crippen LogP contribution >= 0.6 is 0 Å². The van der Waals surface area contributed by atoms with Crippen LogP contribution in [-0.4, -0.2) is 39.4 Å². The van der Waals surface area contributed by atoms with E-state index in [9.17, 15) is 4.79 Å². The highest BCUT2D eigenvalue weighted by Gasteiger charge is 2.38. The first kappa shape index (κ1) is 20.3. The number of hydrogen-bond donors (Lipinski definition) is 2. The van der Waals surface area contributed by atoms with E-state index < -0.39 is 5.41 Å². The summed E-state index contributed by atoms with van der Waals surface area (Å²) >= 11 is 0. The molecule has 6 nitrogen and oxygen atoms in total. The average Bonchev–Trinajstić information content (AvgIpc) is 2.75. The van der Waals surface area contributed by atoms with Gasteiger partial charge in [0.15, 0.2) is 0 Å². The SMILES string of the molecule is COCCc1ccc(Oc2ccc(NC(=O)C3(CN)CCOCC3)cc2)cc1. The molecule has 28 heavy (non-hydrogen) atoms. The maximum atomic E-state index is 12.7. The van der Waals surface area contributed by atoms with Crippen molar-refractivity contribution in [2.24, 2.45) is 11.1 Å². The summed E-state index contributed by atoms with van der Waals surface area (Å²) in [6, 6.07) is 15.3. The number of ether oxygens (including phenoxy) is 3. The molecule has 0 unspecified atom stereocenters. The predicted molar refractivity (Wildman–Crippen MR) is 109 cm³/mol. The lowest BCUT2D eigenvalue weighted by atomic mass is 9.79. The minimum absolute atomic E-state index is 0.0429. The number of anilines is 1. The fourth-order valence-electron chi connectivity index (χ4n) is 3.24. The van der Waals surface area contributed by atoms with Crippen LogP contribution in [0.5, 0.6) is 11.5 Å². The Kier molecular flexibility index (Phi) is 7.03. The van der Waals surface area contributed by atoms with E-state index >= 15 is 0 Å². The maximum absolute atomic E-state index is 12.7. The summed E-state index contributed by atoms with van der Waals surface area (Å²) in [6.07, 6.45) is 2.18. The maximum Gasteiger partial charge on any atom is 0.232 e. The van der Waals surface area contributed by atoms with Gasteiger partial charge < -0.3 is 25.3 Å². The van der Waals surface area contributed by atoms with E-state index in [1.165, 1.54) is 5.56 Å². The summed E-state index contributed by atoms with van der Waals surface area (Å²) in [7, 11) is 1.70. The third kappa shape index (κ3) is 5.10. The van der Waals surface area contributed by atoms with Gasteiger partial charge in [-0.15, -0.1) is 0 Å². The van der Waals surface area contributed by atoms with Crippen LogP contribution in [0.25, 0.3) is 0 Å². The Bertz CT molecular complexity index is 753. The topological polar surface area (TPSA) is 82.8 Å². The van der Waals surface area contributed by atoms with Crippen LogP contribution in [0, 0.1) is 5.41 Å². The molecule has 0 aliphatic carbocycles. The summed E-state index contributed by atoms with van der Waals surface area (Å²) in [4.78, 5) is 12.7. The Morgan fingerprint density at radius 3 is 2.25 bits per heavy atom. The third-order valence-electron chi connectivity index (χ3n) is 5.19. The van der Waals surface area contributed by atoms with E-state index in [0.717, 1.165) is 17.9 Å². The van der Waals surface area contributed by atoms with Crippen molar-refractivity contribution >= 4 is 11.6 Å². The van der Waals surface area contributed by atoms with Gasteiger partial charge in [-0.1, -0.05) is 12.1 Å². The van der Waals surface area contributed by atoms with Crippen molar-refractivity contribution in [1.29, 1.82) is 0 Å². The number of amides is 1. The fourth-order valence-corrected chi connectivity index (χ4v) is 3.24. The molecule has 0 spiro atoms. The number of methoxy groups -OCH3 is 1. The number of nitrogens with one attached hydrogen (secondary N) is 1. The zero-order valence-electron chi connectivity index (χ0n) is 16.3. The lowest BCUT2D eigenvalue weighted by molar-refractivity contribution is -0.130. The van der Waals surface area contributed by atoms with Gasteiger partial charge in [-0.25, -0.2) is 0 Å². The van der Waals surface area contributed by atoms with Gasteiger partial charge in [-0.05, 0) is 61.2 Å². The van der Waals surface area contributed by atoms with Crippen molar-refractivity contribution < 1.29 is 19.0 Å². The second kappa shape index (κ2) is 9.68.